The van der Waals surface area contributed by atoms with Gasteiger partial charge in [-0.1, -0.05) is 11.6 Å². The number of benzene rings is 1. The van der Waals surface area contributed by atoms with Gasteiger partial charge in [-0.2, -0.15) is 0 Å². The number of hydrogen-bond donors (Lipinski definition) is 1. The zero-order valence-electron chi connectivity index (χ0n) is 7.10. The molecule has 0 aliphatic heterocycles. The number of nitrogens with two attached hydrogens (primary N) is 1. The number of aryl methyl sites for hydroxylation is 1. The summed E-state index contributed by atoms with van der Waals surface area (Å²) in [5, 5.41) is -0.0533. The van der Waals surface area contributed by atoms with E-state index in [2.05, 4.69) is 0 Å². The highest BCUT2D eigenvalue weighted by Crippen LogP contribution is 2.19. The zero-order chi connectivity index (χ0) is 10.0. The summed E-state index contributed by atoms with van der Waals surface area (Å²) in [6, 6.07) is 2.53. The molecular formula is C9H9ClFNO. The summed E-state index contributed by atoms with van der Waals surface area (Å²) in [5.74, 6) is -0.757. The highest BCUT2D eigenvalue weighted by Gasteiger charge is 2.10. The fourth-order valence-corrected chi connectivity index (χ4v) is 1.22. The molecule has 0 radical (unpaired) electrons. The lowest BCUT2D eigenvalue weighted by Gasteiger charge is -2.04. The van der Waals surface area contributed by atoms with Crippen LogP contribution in [0.3, 0.4) is 0 Å². The van der Waals surface area contributed by atoms with Gasteiger partial charge in [-0.25, -0.2) is 4.39 Å². The highest BCUT2D eigenvalue weighted by molar-refractivity contribution is 6.31. The number of ketones is 1. The van der Waals surface area contributed by atoms with Gasteiger partial charge in [0, 0.05) is 5.56 Å². The molecular weight excluding hydrogens is 193 g/mol. The molecule has 2 nitrogen and oxygen atoms in total. The number of rotatable bonds is 2. The van der Waals surface area contributed by atoms with Crippen molar-refractivity contribution < 1.29 is 9.18 Å². The minimum atomic E-state index is -0.521. The summed E-state index contributed by atoms with van der Waals surface area (Å²) < 4.78 is 12.9. The Bertz CT molecular complexity index is 352. The lowest BCUT2D eigenvalue weighted by molar-refractivity contribution is 0.100. The maximum atomic E-state index is 12.9. The second-order valence-corrected chi connectivity index (χ2v) is 3.12. The van der Waals surface area contributed by atoms with Gasteiger partial charge in [0.25, 0.3) is 0 Å². The van der Waals surface area contributed by atoms with Gasteiger partial charge in [0.05, 0.1) is 11.6 Å². The number of carbonyl (C=O) groups is 1. The Morgan fingerprint density at radius 3 is 2.77 bits per heavy atom. The number of carbonyl (C=O) groups excluding carboxylic acids is 1. The van der Waals surface area contributed by atoms with E-state index in [1.54, 1.807) is 6.92 Å². The number of Topliss-reactive ketones (excluding diaryl/α,β-unsaturated/α-hetero) is 1. The predicted octanol–water partition coefficient (Wildman–Crippen LogP) is 1.93. The molecule has 0 aliphatic rings. The number of halogens is 2. The van der Waals surface area contributed by atoms with Crippen molar-refractivity contribution in [3.05, 3.63) is 34.1 Å². The summed E-state index contributed by atoms with van der Waals surface area (Å²) in [7, 11) is 0. The molecule has 0 spiro atoms. The molecule has 1 aromatic carbocycles. The van der Waals surface area contributed by atoms with Crippen LogP contribution in [-0.2, 0) is 0 Å². The van der Waals surface area contributed by atoms with Crippen LogP contribution in [-0.4, -0.2) is 12.3 Å². The lowest BCUT2D eigenvalue weighted by Crippen LogP contribution is -2.14. The molecule has 0 fully saturated rings. The van der Waals surface area contributed by atoms with Gasteiger partial charge >= 0.3 is 0 Å². The molecule has 4 heteroatoms. The third-order valence-electron chi connectivity index (χ3n) is 1.75. The molecule has 0 atom stereocenters. The van der Waals surface area contributed by atoms with Crippen LogP contribution in [0.5, 0.6) is 0 Å². The van der Waals surface area contributed by atoms with E-state index in [0.717, 1.165) is 0 Å². The molecule has 70 valence electrons. The molecule has 1 rings (SSSR count). The van der Waals surface area contributed by atoms with Gasteiger partial charge in [-0.05, 0) is 24.6 Å². The van der Waals surface area contributed by atoms with Crippen molar-refractivity contribution in [1.29, 1.82) is 0 Å². The van der Waals surface area contributed by atoms with E-state index in [0.29, 0.717) is 11.1 Å². The molecule has 0 aromatic heterocycles. The first kappa shape index (κ1) is 10.2. The summed E-state index contributed by atoms with van der Waals surface area (Å²) >= 11 is 5.52. The topological polar surface area (TPSA) is 43.1 Å². The minimum Gasteiger partial charge on any atom is -0.324 e. The molecule has 0 unspecified atom stereocenters. The fourth-order valence-electron chi connectivity index (χ4n) is 1.06. The second-order valence-electron chi connectivity index (χ2n) is 2.71. The Labute approximate surface area is 80.5 Å². The first-order valence-electron chi connectivity index (χ1n) is 3.75. The van der Waals surface area contributed by atoms with E-state index in [-0.39, 0.29) is 17.4 Å². The van der Waals surface area contributed by atoms with Gasteiger partial charge in [0.2, 0.25) is 0 Å². The summed E-state index contributed by atoms with van der Waals surface area (Å²) in [4.78, 5) is 11.2. The maximum absolute atomic E-state index is 12.9. The SMILES string of the molecule is Cc1cc(F)c(Cl)cc1C(=O)CN. The number of hydrogen-bond acceptors (Lipinski definition) is 2. The Balaban J connectivity index is 3.23. The summed E-state index contributed by atoms with van der Waals surface area (Å²) in [6.45, 7) is 1.55. The van der Waals surface area contributed by atoms with Gasteiger partial charge in [-0.15, -0.1) is 0 Å². The molecule has 0 amide bonds. The first-order valence-corrected chi connectivity index (χ1v) is 4.13. The van der Waals surface area contributed by atoms with E-state index < -0.39 is 5.82 Å². The summed E-state index contributed by atoms with van der Waals surface area (Å²) in [6.07, 6.45) is 0. The van der Waals surface area contributed by atoms with Crippen LogP contribution < -0.4 is 5.73 Å². The third kappa shape index (κ3) is 2.05. The smallest absolute Gasteiger partial charge is 0.176 e. The van der Waals surface area contributed by atoms with Crippen molar-refractivity contribution >= 4 is 17.4 Å². The van der Waals surface area contributed by atoms with Crippen molar-refractivity contribution in [3.63, 3.8) is 0 Å². The van der Waals surface area contributed by atoms with Crippen LogP contribution in [0.4, 0.5) is 4.39 Å². The van der Waals surface area contributed by atoms with Crippen LogP contribution >= 0.6 is 11.6 Å². The van der Waals surface area contributed by atoms with Gasteiger partial charge in [0.1, 0.15) is 5.82 Å². The lowest BCUT2D eigenvalue weighted by atomic mass is 10.0. The van der Waals surface area contributed by atoms with Crippen molar-refractivity contribution in [2.75, 3.05) is 6.54 Å². The van der Waals surface area contributed by atoms with Crippen molar-refractivity contribution in [2.45, 2.75) is 6.92 Å². The molecule has 0 saturated carbocycles. The van der Waals surface area contributed by atoms with Gasteiger partial charge in [0.15, 0.2) is 5.78 Å². The largest absolute Gasteiger partial charge is 0.324 e. The first-order chi connectivity index (χ1) is 6.06. The van der Waals surface area contributed by atoms with Crippen LogP contribution in [0.1, 0.15) is 15.9 Å². The molecule has 0 saturated heterocycles. The molecule has 0 aliphatic carbocycles. The van der Waals surface area contributed by atoms with Crippen molar-refractivity contribution in [3.8, 4) is 0 Å². The van der Waals surface area contributed by atoms with Crippen LogP contribution in [0, 0.1) is 12.7 Å². The molecule has 0 heterocycles. The van der Waals surface area contributed by atoms with E-state index in [4.69, 9.17) is 17.3 Å². The zero-order valence-corrected chi connectivity index (χ0v) is 7.86. The highest BCUT2D eigenvalue weighted by atomic mass is 35.5. The maximum Gasteiger partial charge on any atom is 0.176 e. The Kier molecular flexibility index (Phi) is 3.01. The minimum absolute atomic E-state index is 0.0533. The average Bonchev–Trinajstić information content (AvgIpc) is 2.10. The molecule has 13 heavy (non-hydrogen) atoms. The van der Waals surface area contributed by atoms with E-state index in [9.17, 15) is 9.18 Å². The van der Waals surface area contributed by atoms with Crippen molar-refractivity contribution in [1.82, 2.24) is 0 Å². The standard InChI is InChI=1S/C9H9ClFNO/c1-5-2-8(11)7(10)3-6(5)9(13)4-12/h2-3H,4,12H2,1H3. The second kappa shape index (κ2) is 3.85. The molecule has 0 bridgehead atoms. The Morgan fingerprint density at radius 2 is 2.23 bits per heavy atom. The van der Waals surface area contributed by atoms with Crippen LogP contribution in [0.2, 0.25) is 5.02 Å². The van der Waals surface area contributed by atoms with E-state index in [1.165, 1.54) is 12.1 Å². The average molecular weight is 202 g/mol. The Hall–Kier alpha value is -0.930. The fraction of sp³-hybridized carbons (Fsp3) is 0.222. The van der Waals surface area contributed by atoms with Crippen molar-refractivity contribution in [2.24, 2.45) is 5.73 Å². The molecule has 2 N–H and O–H groups in total. The molecule has 1 aromatic rings. The monoisotopic (exact) mass is 201 g/mol. The van der Waals surface area contributed by atoms with Gasteiger partial charge < -0.3 is 5.73 Å². The summed E-state index contributed by atoms with van der Waals surface area (Å²) in [5.41, 5.74) is 6.11. The predicted molar refractivity (Wildman–Crippen MR) is 49.5 cm³/mol. The quantitative estimate of drug-likeness (QED) is 0.743. The van der Waals surface area contributed by atoms with E-state index in [1.807, 2.05) is 0 Å². The normalized spacial score (nSPS) is 10.2. The third-order valence-corrected chi connectivity index (χ3v) is 2.04. The van der Waals surface area contributed by atoms with Gasteiger partial charge in [-0.3, -0.25) is 4.79 Å². The Morgan fingerprint density at radius 1 is 1.62 bits per heavy atom. The van der Waals surface area contributed by atoms with Crippen LogP contribution in [0.25, 0.3) is 0 Å². The van der Waals surface area contributed by atoms with E-state index >= 15 is 0 Å². The van der Waals surface area contributed by atoms with Crippen LogP contribution in [0.15, 0.2) is 12.1 Å².